The van der Waals surface area contributed by atoms with E-state index in [9.17, 15) is 4.79 Å². The van der Waals surface area contributed by atoms with E-state index in [1.807, 2.05) is 0 Å². The van der Waals surface area contributed by atoms with Crippen LogP contribution < -0.4 is 0 Å². The Bertz CT molecular complexity index is 321. The lowest BCUT2D eigenvalue weighted by Crippen LogP contribution is -2.45. The molecule has 4 nitrogen and oxygen atoms in total. The van der Waals surface area contributed by atoms with Gasteiger partial charge in [0.2, 0.25) is 0 Å². The average Bonchev–Trinajstić information content (AvgIpc) is 2.25. The van der Waals surface area contributed by atoms with Gasteiger partial charge in [-0.25, -0.2) is 0 Å². The Labute approximate surface area is 101 Å². The van der Waals surface area contributed by atoms with Gasteiger partial charge in [-0.3, -0.25) is 4.79 Å². The van der Waals surface area contributed by atoms with Crippen LogP contribution in [0.15, 0.2) is 5.16 Å². The van der Waals surface area contributed by atoms with Gasteiger partial charge in [-0.15, -0.1) is 0 Å². The molecule has 0 radical (unpaired) electrons. The lowest BCUT2D eigenvalue weighted by atomic mass is 9.55. The highest BCUT2D eigenvalue weighted by Crippen LogP contribution is 2.52. The number of aliphatic carboxylic acids is 1. The van der Waals surface area contributed by atoms with E-state index in [-0.39, 0.29) is 13.0 Å². The van der Waals surface area contributed by atoms with Crippen LogP contribution in [0.25, 0.3) is 0 Å². The van der Waals surface area contributed by atoms with Crippen LogP contribution in [0.5, 0.6) is 0 Å². The largest absolute Gasteiger partial charge is 0.481 e. The average molecular weight is 237 g/mol. The Hall–Kier alpha value is -1.06. The van der Waals surface area contributed by atoms with Crippen LogP contribution in [-0.4, -0.2) is 23.4 Å². The van der Waals surface area contributed by atoms with Crippen LogP contribution in [0.1, 0.15) is 38.5 Å². The Morgan fingerprint density at radius 3 is 2.29 bits per heavy atom. The molecule has 0 aliphatic heterocycles. The van der Waals surface area contributed by atoms with Gasteiger partial charge in [0, 0.05) is 11.8 Å². The molecule has 0 aromatic carbocycles. The quantitative estimate of drug-likeness (QED) is 0.603. The van der Waals surface area contributed by atoms with E-state index in [4.69, 9.17) is 9.94 Å². The SMILES string of the molecule is O=C(O)CCON=C1C2CC3CC(C2)CC1C3. The first-order chi connectivity index (χ1) is 8.22. The smallest absolute Gasteiger partial charge is 0.306 e. The third-order valence-electron chi connectivity index (χ3n) is 4.55. The van der Waals surface area contributed by atoms with Gasteiger partial charge in [0.1, 0.15) is 6.61 Å². The first-order valence-corrected chi connectivity index (χ1v) is 6.64. The molecule has 17 heavy (non-hydrogen) atoms. The summed E-state index contributed by atoms with van der Waals surface area (Å²) in [5, 5.41) is 12.8. The van der Waals surface area contributed by atoms with Crippen LogP contribution in [0.3, 0.4) is 0 Å². The van der Waals surface area contributed by atoms with Crippen molar-refractivity contribution in [2.75, 3.05) is 6.61 Å². The fourth-order valence-corrected chi connectivity index (χ4v) is 4.07. The van der Waals surface area contributed by atoms with E-state index < -0.39 is 5.97 Å². The molecule has 4 fully saturated rings. The maximum absolute atomic E-state index is 10.4. The molecule has 0 atom stereocenters. The Kier molecular flexibility index (Phi) is 2.81. The molecular formula is C13H19NO3. The maximum Gasteiger partial charge on any atom is 0.306 e. The summed E-state index contributed by atoms with van der Waals surface area (Å²) >= 11 is 0. The normalized spacial score (nSPS) is 38.2. The first-order valence-electron chi connectivity index (χ1n) is 6.64. The third-order valence-corrected chi connectivity index (χ3v) is 4.55. The molecule has 4 bridgehead atoms. The highest BCUT2D eigenvalue weighted by Gasteiger charge is 2.46. The zero-order valence-electron chi connectivity index (χ0n) is 9.97. The molecular weight excluding hydrogens is 218 g/mol. The second kappa shape index (κ2) is 4.31. The summed E-state index contributed by atoms with van der Waals surface area (Å²) in [5.41, 5.74) is 1.24. The second-order valence-corrected chi connectivity index (χ2v) is 5.80. The van der Waals surface area contributed by atoms with Gasteiger partial charge in [0.05, 0.1) is 12.1 Å². The highest BCUT2D eigenvalue weighted by atomic mass is 16.6. The highest BCUT2D eigenvalue weighted by molar-refractivity contribution is 5.90. The van der Waals surface area contributed by atoms with Crippen molar-refractivity contribution in [2.24, 2.45) is 28.8 Å². The zero-order chi connectivity index (χ0) is 11.8. The number of oxime groups is 1. The van der Waals surface area contributed by atoms with E-state index in [1.54, 1.807) is 0 Å². The van der Waals surface area contributed by atoms with Gasteiger partial charge in [0.15, 0.2) is 0 Å². The van der Waals surface area contributed by atoms with Gasteiger partial charge in [-0.05, 0) is 43.9 Å². The predicted molar refractivity (Wildman–Crippen MR) is 62.7 cm³/mol. The minimum atomic E-state index is -0.824. The minimum Gasteiger partial charge on any atom is -0.481 e. The first kappa shape index (κ1) is 11.1. The van der Waals surface area contributed by atoms with E-state index in [1.165, 1.54) is 37.8 Å². The number of rotatable bonds is 4. The minimum absolute atomic E-state index is 0.0391. The van der Waals surface area contributed by atoms with Gasteiger partial charge in [-0.2, -0.15) is 0 Å². The molecule has 4 saturated carbocycles. The molecule has 0 spiro atoms. The molecule has 0 saturated heterocycles. The van der Waals surface area contributed by atoms with Crippen molar-refractivity contribution in [2.45, 2.75) is 38.5 Å². The van der Waals surface area contributed by atoms with Crippen LogP contribution in [0.4, 0.5) is 0 Å². The Morgan fingerprint density at radius 2 is 1.76 bits per heavy atom. The summed E-state index contributed by atoms with van der Waals surface area (Å²) in [6.45, 7) is 0.200. The van der Waals surface area contributed by atoms with Crippen LogP contribution in [0.2, 0.25) is 0 Å². The summed E-state index contributed by atoms with van der Waals surface area (Å²) in [5.74, 6) is 2.30. The standard InChI is InChI=1S/C13H19NO3/c15-12(16)1-2-17-14-13-10-4-8-3-9(6-10)7-11(13)5-8/h8-11H,1-7H2,(H,15,16). The molecule has 0 aromatic rings. The fraction of sp³-hybridized carbons (Fsp3) is 0.846. The lowest BCUT2D eigenvalue weighted by Gasteiger charge is -2.49. The van der Waals surface area contributed by atoms with E-state index >= 15 is 0 Å². The van der Waals surface area contributed by atoms with Crippen molar-refractivity contribution in [3.63, 3.8) is 0 Å². The summed E-state index contributed by atoms with van der Waals surface area (Å²) in [6, 6.07) is 0. The van der Waals surface area contributed by atoms with E-state index in [0.29, 0.717) is 11.8 Å². The zero-order valence-corrected chi connectivity index (χ0v) is 9.97. The molecule has 94 valence electrons. The molecule has 0 unspecified atom stereocenters. The van der Waals surface area contributed by atoms with Crippen molar-refractivity contribution in [1.82, 2.24) is 0 Å². The molecule has 0 aromatic heterocycles. The molecule has 0 heterocycles. The number of hydrogen-bond acceptors (Lipinski definition) is 3. The van der Waals surface area contributed by atoms with Gasteiger partial charge >= 0.3 is 5.97 Å². The second-order valence-electron chi connectivity index (χ2n) is 5.80. The number of carbonyl (C=O) groups is 1. The van der Waals surface area contributed by atoms with Crippen molar-refractivity contribution < 1.29 is 14.7 Å². The predicted octanol–water partition coefficient (Wildman–Crippen LogP) is 2.29. The molecule has 4 rings (SSSR count). The van der Waals surface area contributed by atoms with Gasteiger partial charge in [-0.1, -0.05) is 5.16 Å². The Morgan fingerprint density at radius 1 is 1.18 bits per heavy atom. The summed E-state index contributed by atoms with van der Waals surface area (Å²) in [7, 11) is 0. The summed E-state index contributed by atoms with van der Waals surface area (Å²) in [6.07, 6.45) is 6.61. The summed E-state index contributed by atoms with van der Waals surface area (Å²) in [4.78, 5) is 15.5. The molecule has 1 N–H and O–H groups in total. The molecule has 4 aliphatic carbocycles. The van der Waals surface area contributed by atoms with Crippen LogP contribution in [-0.2, 0) is 9.63 Å². The maximum atomic E-state index is 10.4. The number of hydrogen-bond donors (Lipinski definition) is 1. The van der Waals surface area contributed by atoms with E-state index in [2.05, 4.69) is 5.16 Å². The van der Waals surface area contributed by atoms with Crippen molar-refractivity contribution >= 4 is 11.7 Å². The molecule has 4 aliphatic rings. The third kappa shape index (κ3) is 2.17. The Balaban J connectivity index is 1.60. The number of nitrogens with zero attached hydrogens (tertiary/aromatic N) is 1. The van der Waals surface area contributed by atoms with Crippen molar-refractivity contribution in [3.8, 4) is 0 Å². The van der Waals surface area contributed by atoms with Gasteiger partial charge in [0.25, 0.3) is 0 Å². The van der Waals surface area contributed by atoms with Crippen LogP contribution in [0, 0.1) is 23.7 Å². The molecule has 4 heteroatoms. The number of carboxylic acid groups (broad SMARTS) is 1. The number of carboxylic acids is 1. The van der Waals surface area contributed by atoms with Gasteiger partial charge < -0.3 is 9.94 Å². The lowest BCUT2D eigenvalue weighted by molar-refractivity contribution is -0.138. The monoisotopic (exact) mass is 237 g/mol. The topological polar surface area (TPSA) is 58.9 Å². The van der Waals surface area contributed by atoms with Crippen molar-refractivity contribution in [1.29, 1.82) is 0 Å². The van der Waals surface area contributed by atoms with Crippen molar-refractivity contribution in [3.05, 3.63) is 0 Å². The molecule has 0 amide bonds. The summed E-state index contributed by atoms with van der Waals surface area (Å²) < 4.78 is 0. The van der Waals surface area contributed by atoms with Crippen LogP contribution >= 0.6 is 0 Å². The van der Waals surface area contributed by atoms with E-state index in [0.717, 1.165) is 11.8 Å². The fourth-order valence-electron chi connectivity index (χ4n) is 4.07.